The second kappa shape index (κ2) is 6.52. The zero-order valence-corrected chi connectivity index (χ0v) is 13.8. The zero-order valence-electron chi connectivity index (χ0n) is 13.8. The topological polar surface area (TPSA) is 62.5 Å². The minimum absolute atomic E-state index is 0.838. The third kappa shape index (κ3) is 2.94. The summed E-state index contributed by atoms with van der Waals surface area (Å²) in [5.74, 6) is 0. The summed E-state index contributed by atoms with van der Waals surface area (Å²) in [7, 11) is 0. The molecule has 1 aliphatic heterocycles. The molecule has 1 aliphatic rings. The van der Waals surface area contributed by atoms with Crippen molar-refractivity contribution in [1.82, 2.24) is 29.7 Å². The standard InChI is InChI=1S/C17H21N7/c1-2-14-11-16(17-20-19-13-24(17)21-14)23-9-7-22(8-10-23)12-15-5-3-4-6-18-15/h3-6,11,13H,2,7-10,12H2,1H3. The molecule has 1 saturated heterocycles. The number of aryl methyl sites for hydroxylation is 1. The minimum Gasteiger partial charge on any atom is -0.366 e. The first kappa shape index (κ1) is 15.0. The van der Waals surface area contributed by atoms with Gasteiger partial charge in [-0.15, -0.1) is 10.2 Å². The normalized spacial score (nSPS) is 16.0. The molecular formula is C17H21N7. The van der Waals surface area contributed by atoms with E-state index < -0.39 is 0 Å². The fourth-order valence-corrected chi connectivity index (χ4v) is 3.13. The Morgan fingerprint density at radius 2 is 1.96 bits per heavy atom. The first-order valence-electron chi connectivity index (χ1n) is 8.40. The van der Waals surface area contributed by atoms with Gasteiger partial charge in [0.05, 0.1) is 17.1 Å². The van der Waals surface area contributed by atoms with Crippen molar-refractivity contribution in [3.8, 4) is 0 Å². The second-order valence-corrected chi connectivity index (χ2v) is 6.06. The van der Waals surface area contributed by atoms with Gasteiger partial charge < -0.3 is 4.90 Å². The molecule has 0 N–H and O–H groups in total. The van der Waals surface area contributed by atoms with Gasteiger partial charge in [0.15, 0.2) is 0 Å². The quantitative estimate of drug-likeness (QED) is 0.723. The molecule has 1 fully saturated rings. The highest BCUT2D eigenvalue weighted by Crippen LogP contribution is 2.22. The Bertz CT molecular complexity index is 806. The average Bonchev–Trinajstić information content (AvgIpc) is 3.11. The van der Waals surface area contributed by atoms with Crippen LogP contribution in [-0.4, -0.2) is 55.9 Å². The lowest BCUT2D eigenvalue weighted by atomic mass is 10.2. The second-order valence-electron chi connectivity index (χ2n) is 6.06. The SMILES string of the molecule is CCc1cc(N2CCN(Cc3ccccn3)CC2)c2nncn2n1. The minimum atomic E-state index is 0.838. The largest absolute Gasteiger partial charge is 0.366 e. The number of hydrogen-bond donors (Lipinski definition) is 0. The average molecular weight is 323 g/mol. The predicted molar refractivity (Wildman–Crippen MR) is 91.9 cm³/mol. The van der Waals surface area contributed by atoms with E-state index in [9.17, 15) is 0 Å². The van der Waals surface area contributed by atoms with E-state index in [2.05, 4.69) is 49.1 Å². The van der Waals surface area contributed by atoms with Crippen LogP contribution in [0.2, 0.25) is 0 Å². The summed E-state index contributed by atoms with van der Waals surface area (Å²) >= 11 is 0. The maximum absolute atomic E-state index is 4.53. The van der Waals surface area contributed by atoms with Crippen molar-refractivity contribution in [2.75, 3.05) is 31.1 Å². The number of pyridine rings is 1. The van der Waals surface area contributed by atoms with E-state index in [0.29, 0.717) is 0 Å². The molecule has 24 heavy (non-hydrogen) atoms. The molecule has 0 saturated carbocycles. The molecule has 4 rings (SSSR count). The lowest BCUT2D eigenvalue weighted by Crippen LogP contribution is -2.46. The van der Waals surface area contributed by atoms with Crippen molar-refractivity contribution in [2.24, 2.45) is 0 Å². The zero-order chi connectivity index (χ0) is 16.4. The highest BCUT2D eigenvalue weighted by molar-refractivity contribution is 5.68. The van der Waals surface area contributed by atoms with Crippen LogP contribution in [-0.2, 0) is 13.0 Å². The van der Waals surface area contributed by atoms with Gasteiger partial charge in [-0.05, 0) is 24.6 Å². The summed E-state index contributed by atoms with van der Waals surface area (Å²) in [6.45, 7) is 7.00. The maximum Gasteiger partial charge on any atom is 0.200 e. The molecule has 0 unspecified atom stereocenters. The van der Waals surface area contributed by atoms with E-state index in [0.717, 1.165) is 61.9 Å². The van der Waals surface area contributed by atoms with Crippen LogP contribution in [0, 0.1) is 0 Å². The van der Waals surface area contributed by atoms with E-state index >= 15 is 0 Å². The van der Waals surface area contributed by atoms with Crippen LogP contribution in [0.4, 0.5) is 5.69 Å². The van der Waals surface area contributed by atoms with E-state index in [4.69, 9.17) is 0 Å². The van der Waals surface area contributed by atoms with Gasteiger partial charge in [-0.25, -0.2) is 0 Å². The third-order valence-corrected chi connectivity index (χ3v) is 4.49. The number of fused-ring (bicyclic) bond motifs is 1. The molecule has 7 heteroatoms. The van der Waals surface area contributed by atoms with Crippen molar-refractivity contribution >= 4 is 11.3 Å². The number of aromatic nitrogens is 5. The molecule has 3 aromatic heterocycles. The number of piperazine rings is 1. The van der Waals surface area contributed by atoms with Gasteiger partial charge in [0, 0.05) is 38.9 Å². The molecule has 0 bridgehead atoms. The summed E-state index contributed by atoms with van der Waals surface area (Å²) in [5.41, 5.74) is 4.17. The van der Waals surface area contributed by atoms with E-state index in [-0.39, 0.29) is 0 Å². The molecule has 0 atom stereocenters. The summed E-state index contributed by atoms with van der Waals surface area (Å²) in [4.78, 5) is 9.26. The van der Waals surface area contributed by atoms with Crippen molar-refractivity contribution in [2.45, 2.75) is 19.9 Å². The number of anilines is 1. The van der Waals surface area contributed by atoms with Crippen LogP contribution in [0.5, 0.6) is 0 Å². The third-order valence-electron chi connectivity index (χ3n) is 4.49. The van der Waals surface area contributed by atoms with E-state index in [1.165, 1.54) is 0 Å². The lowest BCUT2D eigenvalue weighted by Gasteiger charge is -2.35. The summed E-state index contributed by atoms with van der Waals surface area (Å²) in [5, 5.41) is 12.8. The van der Waals surface area contributed by atoms with Gasteiger partial charge in [-0.2, -0.15) is 9.61 Å². The summed E-state index contributed by atoms with van der Waals surface area (Å²) < 4.78 is 1.79. The Morgan fingerprint density at radius 1 is 1.08 bits per heavy atom. The molecule has 7 nitrogen and oxygen atoms in total. The molecule has 0 aliphatic carbocycles. The Morgan fingerprint density at radius 3 is 2.71 bits per heavy atom. The van der Waals surface area contributed by atoms with Gasteiger partial charge in [-0.1, -0.05) is 13.0 Å². The van der Waals surface area contributed by atoms with E-state index in [1.807, 2.05) is 18.3 Å². The Balaban J connectivity index is 1.49. The van der Waals surface area contributed by atoms with Gasteiger partial charge in [0.25, 0.3) is 0 Å². The van der Waals surface area contributed by atoms with Crippen molar-refractivity contribution in [3.05, 3.63) is 48.2 Å². The van der Waals surface area contributed by atoms with Gasteiger partial charge in [-0.3, -0.25) is 9.88 Å². The van der Waals surface area contributed by atoms with Crippen LogP contribution in [0.15, 0.2) is 36.8 Å². The fourth-order valence-electron chi connectivity index (χ4n) is 3.13. The van der Waals surface area contributed by atoms with Gasteiger partial charge in [0.2, 0.25) is 5.65 Å². The molecule has 4 heterocycles. The van der Waals surface area contributed by atoms with Crippen LogP contribution in [0.3, 0.4) is 0 Å². The van der Waals surface area contributed by atoms with Crippen LogP contribution >= 0.6 is 0 Å². The molecule has 0 amide bonds. The van der Waals surface area contributed by atoms with Gasteiger partial charge >= 0.3 is 0 Å². The smallest absolute Gasteiger partial charge is 0.200 e. The molecule has 3 aromatic rings. The first-order chi connectivity index (χ1) is 11.8. The van der Waals surface area contributed by atoms with Crippen molar-refractivity contribution < 1.29 is 0 Å². The number of rotatable bonds is 4. The number of nitrogens with zero attached hydrogens (tertiary/aromatic N) is 7. The molecule has 0 aromatic carbocycles. The molecule has 0 radical (unpaired) electrons. The summed E-state index contributed by atoms with van der Waals surface area (Å²) in [6, 6.07) is 8.24. The Labute approximate surface area is 140 Å². The molecular weight excluding hydrogens is 302 g/mol. The Kier molecular flexibility index (Phi) is 4.08. The summed E-state index contributed by atoms with van der Waals surface area (Å²) in [6.07, 6.45) is 4.44. The first-order valence-corrected chi connectivity index (χ1v) is 8.40. The van der Waals surface area contributed by atoms with Crippen molar-refractivity contribution in [3.63, 3.8) is 0 Å². The number of hydrogen-bond acceptors (Lipinski definition) is 6. The van der Waals surface area contributed by atoms with Crippen LogP contribution in [0.25, 0.3) is 5.65 Å². The van der Waals surface area contributed by atoms with E-state index in [1.54, 1.807) is 10.8 Å². The highest BCUT2D eigenvalue weighted by atomic mass is 15.4. The highest BCUT2D eigenvalue weighted by Gasteiger charge is 2.21. The monoisotopic (exact) mass is 323 g/mol. The van der Waals surface area contributed by atoms with Crippen LogP contribution < -0.4 is 4.90 Å². The predicted octanol–water partition coefficient (Wildman–Crippen LogP) is 1.40. The molecule has 124 valence electrons. The molecule has 0 spiro atoms. The van der Waals surface area contributed by atoms with Crippen molar-refractivity contribution in [1.29, 1.82) is 0 Å². The van der Waals surface area contributed by atoms with Gasteiger partial charge in [0.1, 0.15) is 6.33 Å². The maximum atomic E-state index is 4.53. The fraction of sp³-hybridized carbons (Fsp3) is 0.412. The van der Waals surface area contributed by atoms with Crippen LogP contribution in [0.1, 0.15) is 18.3 Å². The Hall–Kier alpha value is -2.54. The lowest BCUT2D eigenvalue weighted by molar-refractivity contribution is 0.247.